The van der Waals surface area contributed by atoms with Crippen molar-refractivity contribution in [3.8, 4) is 0 Å². The van der Waals surface area contributed by atoms with Crippen molar-refractivity contribution in [1.82, 2.24) is 0 Å². The molecule has 0 bridgehead atoms. The van der Waals surface area contributed by atoms with E-state index in [1.165, 1.54) is 12.8 Å². The van der Waals surface area contributed by atoms with Crippen LogP contribution in [-0.2, 0) is 14.2 Å². The molecule has 1 saturated carbocycles. The molecule has 0 aromatic heterocycles. The highest BCUT2D eigenvalue weighted by Crippen LogP contribution is 2.28. The van der Waals surface area contributed by atoms with E-state index in [1.54, 1.807) is 7.11 Å². The van der Waals surface area contributed by atoms with Gasteiger partial charge in [-0.3, -0.25) is 0 Å². The monoisotopic (exact) mass is 202 g/mol. The van der Waals surface area contributed by atoms with Crippen molar-refractivity contribution < 1.29 is 14.2 Å². The second kappa shape index (κ2) is 7.21. The Morgan fingerprint density at radius 2 is 1.93 bits per heavy atom. The van der Waals surface area contributed by atoms with E-state index in [0.29, 0.717) is 13.2 Å². The van der Waals surface area contributed by atoms with Crippen LogP contribution in [0.2, 0.25) is 0 Å². The predicted molar refractivity (Wildman–Crippen MR) is 55.5 cm³/mol. The van der Waals surface area contributed by atoms with E-state index in [4.69, 9.17) is 14.2 Å². The van der Waals surface area contributed by atoms with E-state index in [0.717, 1.165) is 25.6 Å². The smallest absolute Gasteiger partial charge is 0.104 e. The molecular weight excluding hydrogens is 180 g/mol. The molecule has 0 aromatic rings. The zero-order chi connectivity index (χ0) is 10.2. The lowest BCUT2D eigenvalue weighted by Crippen LogP contribution is -2.25. The van der Waals surface area contributed by atoms with Gasteiger partial charge in [0.2, 0.25) is 0 Å². The number of methoxy groups -OCH3 is 1. The number of hydrogen-bond donors (Lipinski definition) is 0. The van der Waals surface area contributed by atoms with Crippen LogP contribution in [0, 0.1) is 5.92 Å². The van der Waals surface area contributed by atoms with Crippen molar-refractivity contribution >= 4 is 0 Å². The number of rotatable bonds is 9. The van der Waals surface area contributed by atoms with Crippen LogP contribution in [-0.4, -0.2) is 39.6 Å². The molecule has 1 unspecified atom stereocenters. The minimum absolute atomic E-state index is 0.0975. The van der Waals surface area contributed by atoms with Crippen molar-refractivity contribution in [1.29, 1.82) is 0 Å². The quantitative estimate of drug-likeness (QED) is 0.534. The summed E-state index contributed by atoms with van der Waals surface area (Å²) in [6.07, 6.45) is 3.83. The number of ether oxygens (including phenoxy) is 3. The summed E-state index contributed by atoms with van der Waals surface area (Å²) in [7, 11) is 1.71. The third kappa shape index (κ3) is 5.58. The van der Waals surface area contributed by atoms with Gasteiger partial charge in [0.15, 0.2) is 0 Å². The van der Waals surface area contributed by atoms with Gasteiger partial charge >= 0.3 is 0 Å². The Hall–Kier alpha value is -0.120. The van der Waals surface area contributed by atoms with Crippen LogP contribution in [0.15, 0.2) is 0 Å². The maximum absolute atomic E-state index is 5.54. The summed E-state index contributed by atoms with van der Waals surface area (Å²) in [5.74, 6) is 0.823. The van der Waals surface area contributed by atoms with Crippen LogP contribution in [0.4, 0.5) is 0 Å². The molecule has 1 atom stereocenters. The molecule has 1 fully saturated rings. The van der Waals surface area contributed by atoms with Crippen LogP contribution in [0.1, 0.15) is 26.2 Å². The van der Waals surface area contributed by atoms with Crippen LogP contribution in [0.3, 0.4) is 0 Å². The zero-order valence-electron chi connectivity index (χ0n) is 9.33. The lowest BCUT2D eigenvalue weighted by molar-refractivity contribution is -0.0424. The van der Waals surface area contributed by atoms with E-state index < -0.39 is 0 Å². The molecule has 1 rings (SSSR count). The maximum atomic E-state index is 5.54. The molecule has 0 aromatic carbocycles. The van der Waals surface area contributed by atoms with Gasteiger partial charge in [-0.1, -0.05) is 6.92 Å². The average Bonchev–Trinajstić information content (AvgIpc) is 2.99. The summed E-state index contributed by atoms with van der Waals surface area (Å²) in [6, 6.07) is 0. The summed E-state index contributed by atoms with van der Waals surface area (Å²) in [6.45, 7) is 5.12. The molecule has 84 valence electrons. The Kier molecular flexibility index (Phi) is 6.15. The minimum atomic E-state index is 0.0975. The third-order valence-corrected chi connectivity index (χ3v) is 2.34. The highest BCUT2D eigenvalue weighted by Gasteiger charge is 2.21. The SMILES string of the molecule is CCCOCC(COCC1CC1)OC. The Bertz CT molecular complexity index is 134. The Labute approximate surface area is 86.7 Å². The maximum Gasteiger partial charge on any atom is 0.104 e. The van der Waals surface area contributed by atoms with Crippen molar-refractivity contribution in [3.05, 3.63) is 0 Å². The highest BCUT2D eigenvalue weighted by atomic mass is 16.6. The Morgan fingerprint density at radius 1 is 1.21 bits per heavy atom. The fourth-order valence-electron chi connectivity index (χ4n) is 1.19. The van der Waals surface area contributed by atoms with Gasteiger partial charge < -0.3 is 14.2 Å². The van der Waals surface area contributed by atoms with E-state index >= 15 is 0 Å². The molecule has 0 N–H and O–H groups in total. The van der Waals surface area contributed by atoms with Gasteiger partial charge in [0.05, 0.1) is 13.2 Å². The molecule has 3 heteroatoms. The van der Waals surface area contributed by atoms with Gasteiger partial charge in [0.1, 0.15) is 6.10 Å². The van der Waals surface area contributed by atoms with Crippen molar-refractivity contribution in [2.75, 3.05) is 33.5 Å². The van der Waals surface area contributed by atoms with Crippen LogP contribution >= 0.6 is 0 Å². The molecule has 0 spiro atoms. The van der Waals surface area contributed by atoms with Gasteiger partial charge in [-0.25, -0.2) is 0 Å². The van der Waals surface area contributed by atoms with Crippen LogP contribution in [0.25, 0.3) is 0 Å². The van der Waals surface area contributed by atoms with E-state index in [9.17, 15) is 0 Å². The van der Waals surface area contributed by atoms with E-state index in [-0.39, 0.29) is 6.10 Å². The van der Waals surface area contributed by atoms with Gasteiger partial charge in [0.25, 0.3) is 0 Å². The number of hydrogen-bond acceptors (Lipinski definition) is 3. The second-order valence-electron chi connectivity index (χ2n) is 3.91. The molecular formula is C11H22O3. The van der Waals surface area contributed by atoms with Gasteiger partial charge in [-0.15, -0.1) is 0 Å². The zero-order valence-corrected chi connectivity index (χ0v) is 9.33. The third-order valence-electron chi connectivity index (χ3n) is 2.34. The standard InChI is InChI=1S/C11H22O3/c1-3-6-13-8-11(12-2)9-14-7-10-4-5-10/h10-11H,3-9H2,1-2H3. The topological polar surface area (TPSA) is 27.7 Å². The van der Waals surface area contributed by atoms with E-state index in [2.05, 4.69) is 6.92 Å². The molecule has 0 radical (unpaired) electrons. The molecule has 0 aliphatic heterocycles. The molecule has 0 saturated heterocycles. The Balaban J connectivity index is 1.92. The van der Waals surface area contributed by atoms with Crippen LogP contribution < -0.4 is 0 Å². The average molecular weight is 202 g/mol. The predicted octanol–water partition coefficient (Wildman–Crippen LogP) is 1.85. The summed E-state index contributed by atoms with van der Waals surface area (Å²) in [5, 5.41) is 0. The lowest BCUT2D eigenvalue weighted by Gasteiger charge is -2.15. The van der Waals surface area contributed by atoms with E-state index in [1.807, 2.05) is 0 Å². The summed E-state index contributed by atoms with van der Waals surface area (Å²) < 4.78 is 16.2. The molecule has 0 amide bonds. The fraction of sp³-hybridized carbons (Fsp3) is 1.00. The lowest BCUT2D eigenvalue weighted by atomic mass is 10.4. The summed E-state index contributed by atoms with van der Waals surface area (Å²) >= 11 is 0. The summed E-state index contributed by atoms with van der Waals surface area (Å²) in [5.41, 5.74) is 0. The highest BCUT2D eigenvalue weighted by molar-refractivity contribution is 4.72. The van der Waals surface area contributed by atoms with Crippen LogP contribution in [0.5, 0.6) is 0 Å². The first-order chi connectivity index (χ1) is 6.86. The molecule has 0 heterocycles. The van der Waals surface area contributed by atoms with Gasteiger partial charge in [-0.2, -0.15) is 0 Å². The first-order valence-electron chi connectivity index (χ1n) is 5.55. The fourth-order valence-corrected chi connectivity index (χ4v) is 1.19. The van der Waals surface area contributed by atoms with Gasteiger partial charge in [-0.05, 0) is 25.2 Å². The van der Waals surface area contributed by atoms with Crippen molar-refractivity contribution in [2.45, 2.75) is 32.3 Å². The molecule has 14 heavy (non-hydrogen) atoms. The first-order valence-corrected chi connectivity index (χ1v) is 5.55. The largest absolute Gasteiger partial charge is 0.379 e. The first kappa shape index (κ1) is 12.0. The minimum Gasteiger partial charge on any atom is -0.379 e. The van der Waals surface area contributed by atoms with Crippen molar-refractivity contribution in [2.24, 2.45) is 5.92 Å². The molecule has 1 aliphatic rings. The Morgan fingerprint density at radius 3 is 2.50 bits per heavy atom. The molecule has 1 aliphatic carbocycles. The summed E-state index contributed by atoms with van der Waals surface area (Å²) in [4.78, 5) is 0. The molecule has 3 nitrogen and oxygen atoms in total. The van der Waals surface area contributed by atoms with Gasteiger partial charge in [0, 0.05) is 20.3 Å². The normalized spacial score (nSPS) is 18.4. The van der Waals surface area contributed by atoms with Crippen molar-refractivity contribution in [3.63, 3.8) is 0 Å². The second-order valence-corrected chi connectivity index (χ2v) is 3.91.